The summed E-state index contributed by atoms with van der Waals surface area (Å²) >= 11 is 0. The van der Waals surface area contributed by atoms with Crippen LogP contribution in [0.25, 0.3) is 0 Å². The summed E-state index contributed by atoms with van der Waals surface area (Å²) in [6.45, 7) is 4.64. The fraction of sp³-hybridized carbons (Fsp3) is 0.700. The lowest BCUT2D eigenvalue weighted by Crippen LogP contribution is -2.38. The molecule has 0 heterocycles. The number of hydrogen-bond donors (Lipinski definition) is 2. The monoisotopic (exact) mass is 182 g/mol. The largest absolute Gasteiger partial charge is 0.359 e. The zero-order valence-electron chi connectivity index (χ0n) is 8.61. The lowest BCUT2D eigenvalue weighted by Gasteiger charge is -2.19. The molecule has 0 saturated carbocycles. The Morgan fingerprint density at radius 1 is 1.54 bits per heavy atom. The van der Waals surface area contributed by atoms with Gasteiger partial charge in [0.2, 0.25) is 5.91 Å². The summed E-state index contributed by atoms with van der Waals surface area (Å²) in [5.74, 6) is 2.70. The Hall–Kier alpha value is -1.01. The Kier molecular flexibility index (Phi) is 5.17. The maximum absolute atomic E-state index is 10.8. The maximum Gasteiger partial charge on any atom is 0.219 e. The molecule has 0 spiro atoms. The van der Waals surface area contributed by atoms with Crippen LogP contribution in [-0.2, 0) is 4.79 Å². The smallest absolute Gasteiger partial charge is 0.219 e. The Morgan fingerprint density at radius 3 is 2.62 bits per heavy atom. The summed E-state index contributed by atoms with van der Waals surface area (Å²) in [6.07, 6.45) is 6.64. The number of hydrogen-bond acceptors (Lipinski definition) is 2. The first-order chi connectivity index (χ1) is 6.02. The van der Waals surface area contributed by atoms with Crippen molar-refractivity contribution in [3.63, 3.8) is 0 Å². The summed E-state index contributed by atoms with van der Waals surface area (Å²) < 4.78 is 0. The van der Waals surface area contributed by atoms with Crippen LogP contribution in [0.1, 0.15) is 26.7 Å². The van der Waals surface area contributed by atoms with Crippen molar-refractivity contribution in [1.29, 1.82) is 0 Å². The Morgan fingerprint density at radius 2 is 2.15 bits per heavy atom. The zero-order chi connectivity index (χ0) is 10.3. The molecular weight excluding hydrogens is 164 g/mol. The molecule has 74 valence electrons. The van der Waals surface area contributed by atoms with E-state index >= 15 is 0 Å². The van der Waals surface area contributed by atoms with Crippen LogP contribution in [-0.4, -0.2) is 25.0 Å². The van der Waals surface area contributed by atoms with E-state index in [4.69, 9.17) is 6.42 Å². The Labute approximate surface area is 80.3 Å². The zero-order valence-corrected chi connectivity index (χ0v) is 8.61. The van der Waals surface area contributed by atoms with E-state index in [1.807, 2.05) is 13.8 Å². The molecule has 0 aromatic rings. The van der Waals surface area contributed by atoms with Gasteiger partial charge in [0.05, 0.1) is 5.54 Å². The molecule has 3 heteroatoms. The van der Waals surface area contributed by atoms with E-state index in [0.29, 0.717) is 6.42 Å². The first kappa shape index (κ1) is 12.0. The second kappa shape index (κ2) is 5.60. The van der Waals surface area contributed by atoms with E-state index in [1.165, 1.54) is 0 Å². The highest BCUT2D eigenvalue weighted by atomic mass is 16.1. The van der Waals surface area contributed by atoms with Crippen LogP contribution in [0.3, 0.4) is 0 Å². The van der Waals surface area contributed by atoms with Gasteiger partial charge in [-0.2, -0.15) is 0 Å². The molecule has 0 bridgehead atoms. The van der Waals surface area contributed by atoms with Crippen molar-refractivity contribution in [2.45, 2.75) is 32.2 Å². The van der Waals surface area contributed by atoms with Crippen LogP contribution in [0, 0.1) is 12.3 Å². The first-order valence-corrected chi connectivity index (χ1v) is 4.45. The lowest BCUT2D eigenvalue weighted by atomic mass is 10.1. The molecule has 0 radical (unpaired) electrons. The second-order valence-corrected chi connectivity index (χ2v) is 3.47. The molecule has 0 aliphatic heterocycles. The fourth-order valence-electron chi connectivity index (χ4n) is 0.826. The van der Waals surface area contributed by atoms with E-state index < -0.39 is 0 Å². The summed E-state index contributed by atoms with van der Waals surface area (Å²) in [5.41, 5.74) is -0.275. The van der Waals surface area contributed by atoms with E-state index in [1.54, 1.807) is 7.05 Å². The number of nitrogens with one attached hydrogen (secondary N) is 2. The average Bonchev–Trinajstić information content (AvgIpc) is 2.12. The average molecular weight is 182 g/mol. The van der Waals surface area contributed by atoms with Crippen LogP contribution in [0.5, 0.6) is 0 Å². The van der Waals surface area contributed by atoms with Crippen molar-refractivity contribution in [3.05, 3.63) is 0 Å². The van der Waals surface area contributed by atoms with Crippen molar-refractivity contribution < 1.29 is 4.79 Å². The molecule has 2 N–H and O–H groups in total. The summed E-state index contributed by atoms with van der Waals surface area (Å²) in [5, 5.41) is 5.74. The number of terminal acetylenes is 1. The van der Waals surface area contributed by atoms with Gasteiger partial charge in [-0.15, -0.1) is 6.42 Å². The van der Waals surface area contributed by atoms with Gasteiger partial charge in [0.15, 0.2) is 0 Å². The SMILES string of the molecule is C#CC(C)(C)NCCCC(=O)NC. The van der Waals surface area contributed by atoms with Crippen LogP contribution < -0.4 is 10.6 Å². The quantitative estimate of drug-likeness (QED) is 0.480. The molecule has 0 aromatic carbocycles. The summed E-state index contributed by atoms with van der Waals surface area (Å²) in [7, 11) is 1.64. The van der Waals surface area contributed by atoms with Crippen molar-refractivity contribution >= 4 is 5.91 Å². The molecule has 0 aromatic heterocycles. The molecule has 3 nitrogen and oxygen atoms in total. The van der Waals surface area contributed by atoms with Crippen molar-refractivity contribution in [2.75, 3.05) is 13.6 Å². The summed E-state index contributed by atoms with van der Waals surface area (Å²) in [6, 6.07) is 0. The third-order valence-electron chi connectivity index (χ3n) is 1.79. The predicted molar refractivity (Wildman–Crippen MR) is 54.2 cm³/mol. The van der Waals surface area contributed by atoms with E-state index in [2.05, 4.69) is 16.6 Å². The highest BCUT2D eigenvalue weighted by Crippen LogP contribution is 1.99. The van der Waals surface area contributed by atoms with Crippen LogP contribution in [0.15, 0.2) is 0 Å². The molecule has 1 amide bonds. The van der Waals surface area contributed by atoms with Gasteiger partial charge in [0.25, 0.3) is 0 Å². The molecule has 0 aliphatic rings. The van der Waals surface area contributed by atoms with Gasteiger partial charge in [0, 0.05) is 13.5 Å². The number of carbonyl (C=O) groups excluding carboxylic acids is 1. The molecule has 13 heavy (non-hydrogen) atoms. The van der Waals surface area contributed by atoms with Crippen molar-refractivity contribution in [1.82, 2.24) is 10.6 Å². The van der Waals surface area contributed by atoms with Gasteiger partial charge in [-0.05, 0) is 26.8 Å². The minimum absolute atomic E-state index is 0.0697. The summed E-state index contributed by atoms with van der Waals surface area (Å²) in [4.78, 5) is 10.8. The number of rotatable bonds is 5. The lowest BCUT2D eigenvalue weighted by molar-refractivity contribution is -0.120. The standard InChI is InChI=1S/C10H18N2O/c1-5-10(2,3)12-8-6-7-9(13)11-4/h1,12H,6-8H2,2-4H3,(H,11,13). The van der Waals surface area contributed by atoms with Gasteiger partial charge in [-0.25, -0.2) is 0 Å². The minimum atomic E-state index is -0.275. The topological polar surface area (TPSA) is 41.1 Å². The van der Waals surface area contributed by atoms with Gasteiger partial charge in [-0.1, -0.05) is 5.92 Å². The highest BCUT2D eigenvalue weighted by molar-refractivity contribution is 5.75. The molecule has 0 aliphatic carbocycles. The van der Waals surface area contributed by atoms with E-state index in [0.717, 1.165) is 13.0 Å². The molecule has 0 saturated heterocycles. The third-order valence-corrected chi connectivity index (χ3v) is 1.79. The van der Waals surface area contributed by atoms with Crippen molar-refractivity contribution in [3.8, 4) is 12.3 Å². The molecule has 0 unspecified atom stereocenters. The minimum Gasteiger partial charge on any atom is -0.359 e. The maximum atomic E-state index is 10.8. The van der Waals surface area contributed by atoms with E-state index in [9.17, 15) is 4.79 Å². The molecule has 0 fully saturated rings. The van der Waals surface area contributed by atoms with Crippen LogP contribution >= 0.6 is 0 Å². The van der Waals surface area contributed by atoms with Gasteiger partial charge >= 0.3 is 0 Å². The molecule has 0 atom stereocenters. The number of carbonyl (C=O) groups is 1. The Bertz CT molecular complexity index is 203. The molecular formula is C10H18N2O. The number of amides is 1. The van der Waals surface area contributed by atoms with Gasteiger partial charge in [-0.3, -0.25) is 4.79 Å². The van der Waals surface area contributed by atoms with Crippen LogP contribution in [0.4, 0.5) is 0 Å². The van der Waals surface area contributed by atoms with E-state index in [-0.39, 0.29) is 11.4 Å². The normalized spacial score (nSPS) is 10.6. The third kappa shape index (κ3) is 6.18. The van der Waals surface area contributed by atoms with Crippen LogP contribution in [0.2, 0.25) is 0 Å². The predicted octanol–water partition coefficient (Wildman–Crippen LogP) is 0.514. The first-order valence-electron chi connectivity index (χ1n) is 4.45. The second-order valence-electron chi connectivity index (χ2n) is 3.47. The van der Waals surface area contributed by atoms with Gasteiger partial charge in [0.1, 0.15) is 0 Å². The highest BCUT2D eigenvalue weighted by Gasteiger charge is 2.11. The fourth-order valence-corrected chi connectivity index (χ4v) is 0.826. The molecule has 0 rings (SSSR count). The van der Waals surface area contributed by atoms with Gasteiger partial charge < -0.3 is 10.6 Å². The van der Waals surface area contributed by atoms with Crippen molar-refractivity contribution in [2.24, 2.45) is 0 Å². The Balaban J connectivity index is 3.48.